The Morgan fingerprint density at radius 3 is 2.12 bits per heavy atom. The molecular weight excluding hydrogens is 339 g/mol. The summed E-state index contributed by atoms with van der Waals surface area (Å²) in [5.74, 6) is -0.332. The Bertz CT molecular complexity index is 657. The molecule has 1 rings (SSSR count). The minimum atomic E-state index is -4.45. The topological polar surface area (TPSA) is 115 Å². The molecule has 7 nitrogen and oxygen atoms in total. The van der Waals surface area contributed by atoms with Gasteiger partial charge in [0.15, 0.2) is 0 Å². The summed E-state index contributed by atoms with van der Waals surface area (Å²) in [6, 6.07) is 4.21. The van der Waals surface area contributed by atoms with E-state index in [-0.39, 0.29) is 18.2 Å². The van der Waals surface area contributed by atoms with Gasteiger partial charge in [0.05, 0.1) is 17.8 Å². The van der Waals surface area contributed by atoms with E-state index < -0.39 is 23.4 Å². The second-order valence-electron chi connectivity index (χ2n) is 6.00. The van der Waals surface area contributed by atoms with Crippen molar-refractivity contribution in [2.45, 2.75) is 32.5 Å². The Hall–Kier alpha value is -2.78. The van der Waals surface area contributed by atoms with Crippen LogP contribution in [0, 0.1) is 0 Å². The SMILES string of the molecule is CC(C)(C)OC(=O)NC/C(=N\N=C(N)N)c1ccc(C(F)(F)F)cc1. The lowest BCUT2D eigenvalue weighted by atomic mass is 10.1. The molecule has 0 aromatic heterocycles. The Morgan fingerprint density at radius 1 is 1.12 bits per heavy atom. The van der Waals surface area contributed by atoms with E-state index in [2.05, 4.69) is 15.5 Å². The van der Waals surface area contributed by atoms with Crippen LogP contribution in [0.25, 0.3) is 0 Å². The molecule has 25 heavy (non-hydrogen) atoms. The van der Waals surface area contributed by atoms with Gasteiger partial charge in [-0.3, -0.25) is 0 Å². The molecule has 0 atom stereocenters. The summed E-state index contributed by atoms with van der Waals surface area (Å²) in [6.07, 6.45) is -5.17. The van der Waals surface area contributed by atoms with Crippen LogP contribution in [-0.2, 0) is 10.9 Å². The normalized spacial score (nSPS) is 12.5. The third-order valence-electron chi connectivity index (χ3n) is 2.63. The molecule has 0 spiro atoms. The average molecular weight is 359 g/mol. The molecule has 0 saturated carbocycles. The lowest BCUT2D eigenvalue weighted by molar-refractivity contribution is -0.137. The van der Waals surface area contributed by atoms with Gasteiger partial charge in [0.2, 0.25) is 5.96 Å². The molecule has 0 unspecified atom stereocenters. The van der Waals surface area contributed by atoms with Crippen molar-refractivity contribution in [3.05, 3.63) is 35.4 Å². The van der Waals surface area contributed by atoms with Crippen LogP contribution in [-0.4, -0.2) is 29.9 Å². The molecule has 1 amide bonds. The predicted molar refractivity (Wildman–Crippen MR) is 88.0 cm³/mol. The monoisotopic (exact) mass is 359 g/mol. The lowest BCUT2D eigenvalue weighted by Crippen LogP contribution is -2.35. The molecule has 138 valence electrons. The fourth-order valence-electron chi connectivity index (χ4n) is 1.63. The van der Waals surface area contributed by atoms with Crippen LogP contribution in [0.4, 0.5) is 18.0 Å². The van der Waals surface area contributed by atoms with Gasteiger partial charge in [-0.15, -0.1) is 10.2 Å². The highest BCUT2D eigenvalue weighted by molar-refractivity contribution is 6.03. The van der Waals surface area contributed by atoms with Crippen molar-refractivity contribution in [2.75, 3.05) is 6.54 Å². The standard InChI is InChI=1S/C15H20F3N5O2/c1-14(2,3)25-13(24)21-8-11(22-23-12(19)20)9-4-6-10(7-5-9)15(16,17)18/h4-7H,8H2,1-3H3,(H,21,24)(H4,19,20,23)/b22-11+. The van der Waals surface area contributed by atoms with E-state index >= 15 is 0 Å². The fourth-order valence-corrected chi connectivity index (χ4v) is 1.63. The number of carbonyl (C=O) groups excluding carboxylic acids is 1. The van der Waals surface area contributed by atoms with E-state index in [0.717, 1.165) is 12.1 Å². The number of alkyl halides is 3. The molecule has 1 aromatic rings. The number of nitrogens with one attached hydrogen (secondary N) is 1. The minimum absolute atomic E-state index is 0.142. The lowest BCUT2D eigenvalue weighted by Gasteiger charge is -2.19. The highest BCUT2D eigenvalue weighted by Crippen LogP contribution is 2.29. The fraction of sp³-hybridized carbons (Fsp3) is 0.400. The number of benzene rings is 1. The molecule has 0 heterocycles. The van der Waals surface area contributed by atoms with E-state index in [1.165, 1.54) is 12.1 Å². The zero-order valence-electron chi connectivity index (χ0n) is 14.0. The van der Waals surface area contributed by atoms with E-state index in [0.29, 0.717) is 5.56 Å². The quantitative estimate of drug-likeness (QED) is 0.434. The van der Waals surface area contributed by atoms with Gasteiger partial charge in [-0.2, -0.15) is 13.2 Å². The summed E-state index contributed by atoms with van der Waals surface area (Å²) in [5.41, 5.74) is 9.37. The number of rotatable bonds is 4. The van der Waals surface area contributed by atoms with Gasteiger partial charge < -0.3 is 21.5 Å². The average Bonchev–Trinajstić information content (AvgIpc) is 2.44. The van der Waals surface area contributed by atoms with Gasteiger partial charge in [0, 0.05) is 0 Å². The number of nitrogens with two attached hydrogens (primary N) is 2. The first-order valence-corrected chi connectivity index (χ1v) is 7.18. The molecule has 0 aliphatic rings. The molecule has 0 bridgehead atoms. The molecule has 0 saturated heterocycles. The number of guanidine groups is 1. The van der Waals surface area contributed by atoms with Gasteiger partial charge in [-0.1, -0.05) is 12.1 Å². The smallest absolute Gasteiger partial charge is 0.416 e. The van der Waals surface area contributed by atoms with Crippen LogP contribution >= 0.6 is 0 Å². The first-order chi connectivity index (χ1) is 11.4. The number of hydrogen-bond acceptors (Lipinski definition) is 4. The molecule has 1 aromatic carbocycles. The third kappa shape index (κ3) is 7.55. The van der Waals surface area contributed by atoms with Crippen LogP contribution in [0.15, 0.2) is 34.5 Å². The molecule has 0 fully saturated rings. The Labute approximate surface area is 142 Å². The number of halogens is 3. The van der Waals surface area contributed by atoms with E-state index in [9.17, 15) is 18.0 Å². The molecule has 5 N–H and O–H groups in total. The summed E-state index contributed by atoms with van der Waals surface area (Å²) in [4.78, 5) is 11.7. The molecule has 0 aliphatic carbocycles. The Balaban J connectivity index is 2.96. The summed E-state index contributed by atoms with van der Waals surface area (Å²) >= 11 is 0. The molecule has 0 aliphatic heterocycles. The summed E-state index contributed by atoms with van der Waals surface area (Å²) in [6.45, 7) is 4.93. The number of carbonyl (C=O) groups is 1. The van der Waals surface area contributed by atoms with Crippen molar-refractivity contribution in [3.8, 4) is 0 Å². The second-order valence-corrected chi connectivity index (χ2v) is 6.00. The van der Waals surface area contributed by atoms with Crippen molar-refractivity contribution in [2.24, 2.45) is 21.7 Å². The number of ether oxygens (including phenoxy) is 1. The predicted octanol–water partition coefficient (Wildman–Crippen LogP) is 2.21. The van der Waals surface area contributed by atoms with Gasteiger partial charge in [-0.05, 0) is 38.5 Å². The van der Waals surface area contributed by atoms with E-state index in [4.69, 9.17) is 16.2 Å². The van der Waals surface area contributed by atoms with Gasteiger partial charge in [0.25, 0.3) is 0 Å². The van der Waals surface area contributed by atoms with Crippen LogP contribution in [0.2, 0.25) is 0 Å². The maximum atomic E-state index is 12.6. The maximum absolute atomic E-state index is 12.6. The largest absolute Gasteiger partial charge is 0.444 e. The van der Waals surface area contributed by atoms with Crippen molar-refractivity contribution in [3.63, 3.8) is 0 Å². The van der Waals surface area contributed by atoms with Crippen molar-refractivity contribution >= 4 is 17.8 Å². The minimum Gasteiger partial charge on any atom is -0.444 e. The first kappa shape index (κ1) is 20.3. The van der Waals surface area contributed by atoms with Crippen molar-refractivity contribution in [1.29, 1.82) is 0 Å². The Morgan fingerprint density at radius 2 is 1.68 bits per heavy atom. The second kappa shape index (κ2) is 7.86. The molecule has 0 radical (unpaired) electrons. The van der Waals surface area contributed by atoms with E-state index in [1.54, 1.807) is 20.8 Å². The zero-order valence-corrected chi connectivity index (χ0v) is 14.0. The van der Waals surface area contributed by atoms with Crippen molar-refractivity contribution < 1.29 is 22.7 Å². The van der Waals surface area contributed by atoms with Crippen LogP contribution in [0.1, 0.15) is 31.9 Å². The zero-order chi connectivity index (χ0) is 19.3. The maximum Gasteiger partial charge on any atom is 0.416 e. The number of amides is 1. The molecular formula is C15H20F3N5O2. The number of hydrogen-bond donors (Lipinski definition) is 3. The Kier molecular flexibility index (Phi) is 6.37. The third-order valence-corrected chi connectivity index (χ3v) is 2.63. The first-order valence-electron chi connectivity index (χ1n) is 7.18. The van der Waals surface area contributed by atoms with Gasteiger partial charge in [0.1, 0.15) is 5.60 Å². The number of nitrogens with zero attached hydrogens (tertiary/aromatic N) is 2. The number of alkyl carbamates (subject to hydrolysis) is 1. The summed E-state index contributed by atoms with van der Waals surface area (Å²) in [7, 11) is 0. The van der Waals surface area contributed by atoms with Gasteiger partial charge in [-0.25, -0.2) is 4.79 Å². The summed E-state index contributed by atoms with van der Waals surface area (Å²) < 4.78 is 43.0. The van der Waals surface area contributed by atoms with Gasteiger partial charge >= 0.3 is 12.3 Å². The molecule has 10 heteroatoms. The van der Waals surface area contributed by atoms with E-state index in [1.807, 2.05) is 0 Å². The van der Waals surface area contributed by atoms with Crippen LogP contribution in [0.5, 0.6) is 0 Å². The highest BCUT2D eigenvalue weighted by Gasteiger charge is 2.30. The van der Waals surface area contributed by atoms with Crippen LogP contribution in [0.3, 0.4) is 0 Å². The van der Waals surface area contributed by atoms with Crippen LogP contribution < -0.4 is 16.8 Å². The highest BCUT2D eigenvalue weighted by atomic mass is 19.4. The summed E-state index contributed by atoms with van der Waals surface area (Å²) in [5, 5.41) is 9.67. The van der Waals surface area contributed by atoms with Crippen molar-refractivity contribution in [1.82, 2.24) is 5.32 Å².